The van der Waals surface area contributed by atoms with Crippen LogP contribution in [0.15, 0.2) is 27.8 Å². The Morgan fingerprint density at radius 1 is 1.28 bits per heavy atom. The first-order valence-electron chi connectivity index (χ1n) is 9.04. The van der Waals surface area contributed by atoms with Gasteiger partial charge in [-0.25, -0.2) is 18.5 Å². The fourth-order valence-corrected chi connectivity index (χ4v) is 2.12. The number of hydrogen-bond donors (Lipinski definition) is 0. The summed E-state index contributed by atoms with van der Waals surface area (Å²) in [4.78, 5) is 36.7. The van der Waals surface area contributed by atoms with E-state index in [4.69, 9.17) is 19.8 Å². The number of carbonyl (C=O) groups excluding carboxylic acids is 1. The molecule has 0 aliphatic heterocycles. The van der Waals surface area contributed by atoms with Crippen LogP contribution in [0.4, 0.5) is 17.6 Å². The number of alkyl halides is 3. The van der Waals surface area contributed by atoms with E-state index < -0.39 is 69.8 Å². The van der Waals surface area contributed by atoms with Crippen molar-refractivity contribution in [2.24, 2.45) is 6.98 Å². The molecule has 2 aromatic rings. The number of halogens is 5. The molecule has 0 unspecified atom stereocenters. The summed E-state index contributed by atoms with van der Waals surface area (Å²) in [6, 6.07) is 0.476. The van der Waals surface area contributed by atoms with Gasteiger partial charge in [0.1, 0.15) is 11.5 Å². The normalized spacial score (nSPS) is 16.0. The number of hydrogen-bond acceptors (Lipinski definition) is 4. The SMILES string of the molecule is [2H]C([2H])([2H])OC(=O)c1cc(-n2c(=O)cc(C(F)(F)F)n(C([2H])([2H])[2H])c2=O)c(F)cc1Cl. The van der Waals surface area contributed by atoms with Crippen LogP contribution in [0.5, 0.6) is 0 Å². The van der Waals surface area contributed by atoms with Gasteiger partial charge >= 0.3 is 17.8 Å². The summed E-state index contributed by atoms with van der Waals surface area (Å²) in [5.74, 6) is -3.14. The molecule has 0 saturated heterocycles. The number of rotatable bonds is 2. The van der Waals surface area contributed by atoms with Gasteiger partial charge in [0.15, 0.2) is 0 Å². The summed E-state index contributed by atoms with van der Waals surface area (Å²) in [7, 11) is -3.26. The van der Waals surface area contributed by atoms with Crippen LogP contribution in [0.3, 0.4) is 0 Å². The molecule has 0 aliphatic rings. The van der Waals surface area contributed by atoms with Crippen molar-refractivity contribution in [2.75, 3.05) is 7.04 Å². The third-order valence-corrected chi connectivity index (χ3v) is 3.30. The van der Waals surface area contributed by atoms with E-state index in [-0.39, 0.29) is 10.6 Å². The highest BCUT2D eigenvalue weighted by Gasteiger charge is 2.35. The van der Waals surface area contributed by atoms with Crippen molar-refractivity contribution in [2.45, 2.75) is 6.18 Å². The molecule has 2 rings (SSSR count). The maximum absolute atomic E-state index is 14.4. The Balaban J connectivity index is 2.89. The molecule has 6 nitrogen and oxygen atoms in total. The van der Waals surface area contributed by atoms with E-state index in [1.807, 2.05) is 0 Å². The van der Waals surface area contributed by atoms with Crippen LogP contribution in [0.25, 0.3) is 5.69 Å². The van der Waals surface area contributed by atoms with Gasteiger partial charge in [0.2, 0.25) is 0 Å². The Morgan fingerprint density at radius 3 is 2.52 bits per heavy atom. The monoisotopic (exact) mass is 386 g/mol. The van der Waals surface area contributed by atoms with Gasteiger partial charge in [-0.15, -0.1) is 0 Å². The summed E-state index contributed by atoms with van der Waals surface area (Å²) in [5, 5.41) is -0.716. The first kappa shape index (κ1) is 11.9. The number of esters is 1. The lowest BCUT2D eigenvalue weighted by Crippen LogP contribution is -2.41. The van der Waals surface area contributed by atoms with Crippen molar-refractivity contribution >= 4 is 17.6 Å². The lowest BCUT2D eigenvalue weighted by atomic mass is 10.2. The molecular formula is C14H9ClF4N2O4. The molecule has 1 aromatic heterocycles. The first-order valence-corrected chi connectivity index (χ1v) is 6.42. The second kappa shape index (κ2) is 6.36. The minimum atomic E-state index is -5.43. The van der Waals surface area contributed by atoms with Gasteiger partial charge in [0.05, 0.1) is 27.4 Å². The van der Waals surface area contributed by atoms with E-state index in [0.29, 0.717) is 12.1 Å². The van der Waals surface area contributed by atoms with Gasteiger partial charge in [-0.05, 0) is 12.1 Å². The van der Waals surface area contributed by atoms with E-state index in [9.17, 15) is 31.9 Å². The van der Waals surface area contributed by atoms with Gasteiger partial charge in [-0.3, -0.25) is 9.36 Å². The quantitative estimate of drug-likeness (QED) is 0.585. The topological polar surface area (TPSA) is 70.3 Å². The zero-order valence-electron chi connectivity index (χ0n) is 17.6. The molecule has 11 heteroatoms. The van der Waals surface area contributed by atoms with Crippen molar-refractivity contribution in [3.63, 3.8) is 0 Å². The molecule has 0 fully saturated rings. The molecule has 1 aromatic carbocycles. The molecule has 0 radical (unpaired) electrons. The minimum Gasteiger partial charge on any atom is -0.465 e. The highest BCUT2D eigenvalue weighted by Crippen LogP contribution is 2.27. The molecule has 0 bridgehead atoms. The summed E-state index contributed by atoms with van der Waals surface area (Å²) in [6.45, 7) is -3.73. The molecule has 134 valence electrons. The number of benzene rings is 1. The van der Waals surface area contributed by atoms with Crippen LogP contribution in [-0.4, -0.2) is 22.1 Å². The third kappa shape index (κ3) is 3.29. The zero-order chi connectivity index (χ0) is 24.1. The molecule has 0 saturated carbocycles. The minimum absolute atomic E-state index is 0.248. The van der Waals surface area contributed by atoms with Gasteiger partial charge < -0.3 is 4.74 Å². The van der Waals surface area contributed by atoms with Gasteiger partial charge in [0.25, 0.3) is 5.56 Å². The second-order valence-electron chi connectivity index (χ2n) is 4.49. The largest absolute Gasteiger partial charge is 0.465 e. The number of methoxy groups -OCH3 is 1. The van der Waals surface area contributed by atoms with Crippen LogP contribution in [-0.2, 0) is 17.9 Å². The van der Waals surface area contributed by atoms with Crippen molar-refractivity contribution < 1.29 is 35.3 Å². The van der Waals surface area contributed by atoms with Crippen LogP contribution >= 0.6 is 11.6 Å². The zero-order valence-corrected chi connectivity index (χ0v) is 12.4. The average molecular weight is 387 g/mol. The summed E-state index contributed by atoms with van der Waals surface area (Å²) in [5.41, 5.74) is -8.02. The molecule has 0 aliphatic carbocycles. The Morgan fingerprint density at radius 2 is 1.96 bits per heavy atom. The van der Waals surface area contributed by atoms with Gasteiger partial charge in [-0.1, -0.05) is 11.6 Å². The van der Waals surface area contributed by atoms with E-state index in [2.05, 4.69) is 4.74 Å². The Labute approximate surface area is 150 Å². The Kier molecular flexibility index (Phi) is 3.01. The van der Waals surface area contributed by atoms with Gasteiger partial charge in [-0.2, -0.15) is 13.2 Å². The molecule has 25 heavy (non-hydrogen) atoms. The predicted molar refractivity (Wildman–Crippen MR) is 78.6 cm³/mol. The summed E-state index contributed by atoms with van der Waals surface area (Å²) < 4.78 is 99.2. The van der Waals surface area contributed by atoms with Crippen molar-refractivity contribution in [1.82, 2.24) is 9.13 Å². The standard InChI is InChI=1S/C14H9ClF4N2O4/c1-20-10(14(17,18)19)5-11(22)21(13(20)24)9-3-6(12(23)25-2)7(15)4-8(9)16/h3-5H,1-2H3/i1D3,2D3. The predicted octanol–water partition coefficient (Wildman–Crippen LogP) is 2.13. The average Bonchev–Trinajstić information content (AvgIpc) is 2.52. The maximum Gasteiger partial charge on any atom is 0.431 e. The molecule has 0 atom stereocenters. The number of nitrogens with zero attached hydrogens (tertiary/aromatic N) is 2. The number of carbonyl (C=O) groups is 1. The van der Waals surface area contributed by atoms with Crippen molar-refractivity contribution in [3.8, 4) is 5.69 Å². The lowest BCUT2D eigenvalue weighted by Gasteiger charge is -2.15. The Bertz CT molecular complexity index is 1170. The van der Waals surface area contributed by atoms with Crippen LogP contribution < -0.4 is 11.2 Å². The third-order valence-electron chi connectivity index (χ3n) is 2.98. The molecule has 0 amide bonds. The molecule has 0 N–H and O–H groups in total. The smallest absolute Gasteiger partial charge is 0.431 e. The van der Waals surface area contributed by atoms with E-state index in [1.165, 1.54) is 0 Å². The first-order chi connectivity index (χ1) is 13.8. The number of ether oxygens (including phenoxy) is 1. The highest BCUT2D eigenvalue weighted by molar-refractivity contribution is 6.33. The fraction of sp³-hybridized carbons (Fsp3) is 0.214. The van der Waals surface area contributed by atoms with Crippen molar-refractivity contribution in [1.29, 1.82) is 0 Å². The van der Waals surface area contributed by atoms with Crippen LogP contribution in [0.2, 0.25) is 5.02 Å². The van der Waals surface area contributed by atoms with Gasteiger partial charge in [0, 0.05) is 17.2 Å². The Hall–Kier alpha value is -2.62. The lowest BCUT2D eigenvalue weighted by molar-refractivity contribution is -0.144. The summed E-state index contributed by atoms with van der Waals surface area (Å²) >= 11 is 5.65. The van der Waals surface area contributed by atoms with E-state index in [0.717, 1.165) is 0 Å². The van der Waals surface area contributed by atoms with Crippen LogP contribution in [0, 0.1) is 5.82 Å². The second-order valence-corrected chi connectivity index (χ2v) is 4.90. The molecule has 1 heterocycles. The molecule has 0 spiro atoms. The fourth-order valence-electron chi connectivity index (χ4n) is 1.89. The van der Waals surface area contributed by atoms with E-state index >= 15 is 0 Å². The maximum atomic E-state index is 14.4. The summed E-state index contributed by atoms with van der Waals surface area (Å²) in [6.07, 6.45) is -5.43. The number of aromatic nitrogens is 2. The molecular weight excluding hydrogens is 372 g/mol. The van der Waals surface area contributed by atoms with E-state index in [1.54, 1.807) is 0 Å². The highest BCUT2D eigenvalue weighted by atomic mass is 35.5. The van der Waals surface area contributed by atoms with Crippen LogP contribution in [0.1, 0.15) is 24.3 Å². The van der Waals surface area contributed by atoms with Crippen molar-refractivity contribution in [3.05, 3.63) is 61.1 Å².